The van der Waals surface area contributed by atoms with Crippen molar-refractivity contribution in [1.29, 1.82) is 0 Å². The zero-order valence-electron chi connectivity index (χ0n) is 10.4. The molecule has 3 N–H and O–H groups in total. The molecule has 0 unspecified atom stereocenters. The number of hydrazone groups is 1. The fraction of sp³-hybridized carbons (Fsp3) is 0. The highest BCUT2D eigenvalue weighted by Crippen LogP contribution is 2.21. The molecule has 0 amide bonds. The van der Waals surface area contributed by atoms with E-state index in [0.717, 1.165) is 16.5 Å². The third kappa shape index (κ3) is 2.89. The van der Waals surface area contributed by atoms with Gasteiger partial charge in [0.25, 0.3) is 0 Å². The molecule has 2 heterocycles. The van der Waals surface area contributed by atoms with Crippen LogP contribution < -0.4 is 5.43 Å². The highest BCUT2D eigenvalue weighted by Gasteiger charge is 2.02. The number of hydrogen-bond acceptors (Lipinski definition) is 4. The van der Waals surface area contributed by atoms with Gasteiger partial charge in [-0.1, -0.05) is 6.07 Å². The van der Waals surface area contributed by atoms with Crippen LogP contribution in [0.5, 0.6) is 5.75 Å². The summed E-state index contributed by atoms with van der Waals surface area (Å²) in [5.74, 6) is 0.917. The van der Waals surface area contributed by atoms with Gasteiger partial charge in [0.05, 0.1) is 6.21 Å². The lowest BCUT2D eigenvalue weighted by Crippen LogP contribution is -1.91. The van der Waals surface area contributed by atoms with E-state index in [9.17, 15) is 5.11 Å². The minimum absolute atomic E-state index is 0. The van der Waals surface area contributed by atoms with Crippen LogP contribution in [0, 0.1) is 0 Å². The minimum atomic E-state index is 0. The van der Waals surface area contributed by atoms with Crippen molar-refractivity contribution in [3.63, 3.8) is 0 Å². The highest BCUT2D eigenvalue weighted by atomic mass is 35.5. The summed E-state index contributed by atoms with van der Waals surface area (Å²) in [4.78, 5) is 7.22. The van der Waals surface area contributed by atoms with Gasteiger partial charge in [-0.25, -0.2) is 4.98 Å². The zero-order valence-corrected chi connectivity index (χ0v) is 11.3. The van der Waals surface area contributed by atoms with Crippen LogP contribution in [0.4, 0.5) is 5.82 Å². The molecule has 6 heteroatoms. The van der Waals surface area contributed by atoms with Crippen LogP contribution in [0.15, 0.2) is 53.9 Å². The van der Waals surface area contributed by atoms with E-state index >= 15 is 0 Å². The van der Waals surface area contributed by atoms with E-state index in [2.05, 4.69) is 20.5 Å². The maximum absolute atomic E-state index is 9.49. The molecule has 2 aromatic heterocycles. The van der Waals surface area contributed by atoms with Gasteiger partial charge in [-0.15, -0.1) is 12.4 Å². The Labute approximate surface area is 121 Å². The van der Waals surface area contributed by atoms with Crippen molar-refractivity contribution in [3.8, 4) is 5.75 Å². The lowest BCUT2D eigenvalue weighted by atomic mass is 10.2. The Bertz CT molecular complexity index is 724. The van der Waals surface area contributed by atoms with Crippen molar-refractivity contribution in [1.82, 2.24) is 9.97 Å². The largest absolute Gasteiger partial charge is 0.508 e. The summed E-state index contributed by atoms with van der Waals surface area (Å²) in [6.45, 7) is 0. The Balaban J connectivity index is 0.00000147. The van der Waals surface area contributed by atoms with Crippen molar-refractivity contribution in [3.05, 3.63) is 54.4 Å². The number of fused-ring (bicyclic) bond motifs is 1. The van der Waals surface area contributed by atoms with Crippen LogP contribution >= 0.6 is 12.4 Å². The first-order chi connectivity index (χ1) is 9.33. The Kier molecular flexibility index (Phi) is 4.22. The molecule has 0 aliphatic carbocycles. The molecule has 0 bridgehead atoms. The summed E-state index contributed by atoms with van der Waals surface area (Å²) in [5.41, 5.74) is 4.70. The number of hydrogen-bond donors (Lipinski definition) is 3. The molecule has 0 saturated heterocycles. The molecule has 1 aromatic carbocycles. The van der Waals surface area contributed by atoms with Crippen LogP contribution in [0.25, 0.3) is 10.9 Å². The Hall–Kier alpha value is -2.53. The zero-order chi connectivity index (χ0) is 13.1. The minimum Gasteiger partial charge on any atom is -0.508 e. The SMILES string of the molecule is Cl.Oc1ccc2[nH]cc(/C=N/Nc3ccccn3)c2c1. The van der Waals surface area contributed by atoms with Crippen molar-refractivity contribution >= 4 is 35.3 Å². The molecule has 0 atom stereocenters. The van der Waals surface area contributed by atoms with E-state index in [-0.39, 0.29) is 18.2 Å². The second-order valence-electron chi connectivity index (χ2n) is 4.06. The van der Waals surface area contributed by atoms with Gasteiger partial charge in [0, 0.05) is 28.9 Å². The second-order valence-corrected chi connectivity index (χ2v) is 4.06. The summed E-state index contributed by atoms with van der Waals surface area (Å²) in [6, 6.07) is 10.7. The molecule has 0 radical (unpaired) electrons. The maximum Gasteiger partial charge on any atom is 0.146 e. The van der Waals surface area contributed by atoms with Gasteiger partial charge in [-0.2, -0.15) is 5.10 Å². The third-order valence-electron chi connectivity index (χ3n) is 2.74. The number of aromatic hydroxyl groups is 1. The van der Waals surface area contributed by atoms with Crippen molar-refractivity contribution < 1.29 is 5.11 Å². The average molecular weight is 289 g/mol. The summed E-state index contributed by atoms with van der Waals surface area (Å²) in [5, 5.41) is 14.5. The van der Waals surface area contributed by atoms with Crippen LogP contribution in [0.1, 0.15) is 5.56 Å². The summed E-state index contributed by atoms with van der Waals surface area (Å²) in [7, 11) is 0. The van der Waals surface area contributed by atoms with E-state index in [4.69, 9.17) is 0 Å². The number of anilines is 1. The lowest BCUT2D eigenvalue weighted by Gasteiger charge is -1.97. The molecule has 0 aliphatic rings. The Morgan fingerprint density at radius 1 is 1.25 bits per heavy atom. The molecular formula is C14H13ClN4O. The van der Waals surface area contributed by atoms with Gasteiger partial charge in [0.1, 0.15) is 11.6 Å². The molecule has 0 spiro atoms. The number of benzene rings is 1. The number of H-pyrrole nitrogens is 1. The second kappa shape index (κ2) is 6.08. The van der Waals surface area contributed by atoms with Crippen molar-refractivity contribution in [2.75, 3.05) is 5.43 Å². The molecule has 0 saturated carbocycles. The molecule has 20 heavy (non-hydrogen) atoms. The highest BCUT2D eigenvalue weighted by molar-refractivity contribution is 5.99. The van der Waals surface area contributed by atoms with E-state index in [1.165, 1.54) is 0 Å². The van der Waals surface area contributed by atoms with Crippen LogP contribution in [-0.2, 0) is 0 Å². The molecule has 0 aliphatic heterocycles. The van der Waals surface area contributed by atoms with E-state index in [0.29, 0.717) is 5.82 Å². The monoisotopic (exact) mass is 288 g/mol. The van der Waals surface area contributed by atoms with Gasteiger partial charge < -0.3 is 10.1 Å². The average Bonchev–Trinajstić information content (AvgIpc) is 2.83. The number of nitrogens with zero attached hydrogens (tertiary/aromatic N) is 2. The first-order valence-electron chi connectivity index (χ1n) is 5.83. The molecule has 5 nitrogen and oxygen atoms in total. The first kappa shape index (κ1) is 13.9. The summed E-state index contributed by atoms with van der Waals surface area (Å²) in [6.07, 6.45) is 5.22. The van der Waals surface area contributed by atoms with Crippen molar-refractivity contribution in [2.45, 2.75) is 0 Å². The number of rotatable bonds is 3. The van der Waals surface area contributed by atoms with E-state index in [1.807, 2.05) is 30.5 Å². The van der Waals surface area contributed by atoms with Crippen LogP contribution in [0.3, 0.4) is 0 Å². The maximum atomic E-state index is 9.49. The normalized spacial score (nSPS) is 10.6. The van der Waals surface area contributed by atoms with Gasteiger partial charge in [0.15, 0.2) is 0 Å². The molecule has 3 aromatic rings. The number of aromatic amines is 1. The summed E-state index contributed by atoms with van der Waals surface area (Å²) >= 11 is 0. The number of phenolic OH excluding ortho intramolecular Hbond substituents is 1. The van der Waals surface area contributed by atoms with Gasteiger partial charge in [-0.05, 0) is 30.3 Å². The predicted octanol–water partition coefficient (Wildman–Crippen LogP) is 3.14. The predicted molar refractivity (Wildman–Crippen MR) is 82.7 cm³/mol. The molecule has 3 rings (SSSR count). The third-order valence-corrected chi connectivity index (χ3v) is 2.74. The molecule has 102 valence electrons. The number of nitrogens with one attached hydrogen (secondary N) is 2. The van der Waals surface area contributed by atoms with Gasteiger partial charge in [0.2, 0.25) is 0 Å². The van der Waals surface area contributed by atoms with Crippen molar-refractivity contribution in [2.24, 2.45) is 5.10 Å². The quantitative estimate of drug-likeness (QED) is 0.512. The topological polar surface area (TPSA) is 73.3 Å². The van der Waals surface area contributed by atoms with Crippen LogP contribution in [0.2, 0.25) is 0 Å². The van der Waals surface area contributed by atoms with Crippen LogP contribution in [-0.4, -0.2) is 21.3 Å². The van der Waals surface area contributed by atoms with Gasteiger partial charge in [-0.3, -0.25) is 5.43 Å². The number of halogens is 1. The lowest BCUT2D eigenvalue weighted by molar-refractivity contribution is 0.476. The Morgan fingerprint density at radius 3 is 2.95 bits per heavy atom. The standard InChI is InChI=1S/C14H12N4O.ClH/c19-11-4-5-13-12(7-11)10(8-16-13)9-17-18-14-3-1-2-6-15-14;/h1-9,16,19H,(H,15,18);1H/b17-9+;. The molecular weight excluding hydrogens is 276 g/mol. The number of aromatic nitrogens is 2. The fourth-order valence-electron chi connectivity index (χ4n) is 1.83. The smallest absolute Gasteiger partial charge is 0.146 e. The molecule has 0 fully saturated rings. The van der Waals surface area contributed by atoms with E-state index < -0.39 is 0 Å². The first-order valence-corrected chi connectivity index (χ1v) is 5.83. The van der Waals surface area contributed by atoms with E-state index in [1.54, 1.807) is 24.5 Å². The van der Waals surface area contributed by atoms with Gasteiger partial charge >= 0.3 is 0 Å². The number of phenols is 1. The fourth-order valence-corrected chi connectivity index (χ4v) is 1.83. The Morgan fingerprint density at radius 2 is 2.15 bits per heavy atom. The summed E-state index contributed by atoms with van der Waals surface area (Å²) < 4.78 is 0. The number of pyridine rings is 1.